The highest BCUT2D eigenvalue weighted by Crippen LogP contribution is 2.27. The van der Waals surface area contributed by atoms with Gasteiger partial charge in [0.15, 0.2) is 0 Å². The Balaban J connectivity index is 1.52. The Labute approximate surface area is 130 Å². The summed E-state index contributed by atoms with van der Waals surface area (Å²) in [5.41, 5.74) is 3.44. The summed E-state index contributed by atoms with van der Waals surface area (Å²) in [6.45, 7) is 1.74. The average Bonchev–Trinajstić information content (AvgIpc) is 2.97. The predicted molar refractivity (Wildman–Crippen MR) is 88.6 cm³/mol. The van der Waals surface area contributed by atoms with E-state index in [0.29, 0.717) is 6.42 Å². The second kappa shape index (κ2) is 6.52. The number of rotatable bonds is 5. The van der Waals surface area contributed by atoms with Crippen LogP contribution >= 0.6 is 0 Å². The van der Waals surface area contributed by atoms with Crippen LogP contribution in [-0.4, -0.2) is 26.1 Å². The number of anilines is 2. The van der Waals surface area contributed by atoms with Crippen LogP contribution in [0.4, 0.5) is 11.4 Å². The van der Waals surface area contributed by atoms with Gasteiger partial charge in [0, 0.05) is 30.9 Å². The van der Waals surface area contributed by atoms with Crippen LogP contribution in [0, 0.1) is 0 Å². The molecular formula is C18H20N2O2. The van der Waals surface area contributed by atoms with Gasteiger partial charge in [0.05, 0.1) is 7.11 Å². The van der Waals surface area contributed by atoms with Gasteiger partial charge in [-0.1, -0.05) is 18.2 Å². The van der Waals surface area contributed by atoms with Gasteiger partial charge in [-0.3, -0.25) is 4.79 Å². The molecule has 1 N–H and O–H groups in total. The lowest BCUT2D eigenvalue weighted by atomic mass is 10.2. The number of para-hydroxylation sites is 1. The number of nitrogens with one attached hydrogen (secondary N) is 1. The molecule has 1 aliphatic rings. The van der Waals surface area contributed by atoms with Gasteiger partial charge in [-0.05, 0) is 42.3 Å². The van der Waals surface area contributed by atoms with E-state index in [4.69, 9.17) is 4.74 Å². The van der Waals surface area contributed by atoms with E-state index < -0.39 is 0 Å². The van der Waals surface area contributed by atoms with Gasteiger partial charge in [0.25, 0.3) is 0 Å². The summed E-state index contributed by atoms with van der Waals surface area (Å²) in [7, 11) is 1.63. The monoisotopic (exact) mass is 296 g/mol. The molecular weight excluding hydrogens is 276 g/mol. The third-order valence-corrected chi connectivity index (χ3v) is 3.97. The number of ether oxygens (including phenoxy) is 1. The number of fused-ring (bicyclic) bond motifs is 1. The zero-order chi connectivity index (χ0) is 15.4. The summed E-state index contributed by atoms with van der Waals surface area (Å²) in [4.78, 5) is 14.3. The molecule has 2 aromatic rings. The number of carbonyl (C=O) groups is 1. The van der Waals surface area contributed by atoms with E-state index in [0.717, 1.165) is 30.9 Å². The fourth-order valence-electron chi connectivity index (χ4n) is 2.77. The number of amides is 1. The van der Waals surface area contributed by atoms with Gasteiger partial charge in [0.1, 0.15) is 5.75 Å². The summed E-state index contributed by atoms with van der Waals surface area (Å²) >= 11 is 0. The standard InChI is InChI=1S/C18H20N2O2/c1-22-16-8-6-15(7-9-16)19-18(21)11-13-20-12-10-14-4-2-3-5-17(14)20/h2-9H,10-13H2,1H3,(H,19,21). The maximum Gasteiger partial charge on any atom is 0.226 e. The minimum atomic E-state index is 0.0366. The molecule has 22 heavy (non-hydrogen) atoms. The van der Waals surface area contributed by atoms with E-state index in [2.05, 4.69) is 34.5 Å². The van der Waals surface area contributed by atoms with Gasteiger partial charge < -0.3 is 15.0 Å². The molecule has 114 valence electrons. The molecule has 1 heterocycles. The van der Waals surface area contributed by atoms with E-state index in [1.165, 1.54) is 11.3 Å². The molecule has 2 aromatic carbocycles. The van der Waals surface area contributed by atoms with Gasteiger partial charge in [-0.15, -0.1) is 0 Å². The van der Waals surface area contributed by atoms with Crippen molar-refractivity contribution in [1.29, 1.82) is 0 Å². The SMILES string of the molecule is COc1ccc(NC(=O)CCN2CCc3ccccc32)cc1. The Morgan fingerprint density at radius 2 is 1.95 bits per heavy atom. The molecule has 0 saturated carbocycles. The summed E-state index contributed by atoms with van der Waals surface area (Å²) in [6, 6.07) is 15.8. The van der Waals surface area contributed by atoms with Crippen LogP contribution in [0.15, 0.2) is 48.5 Å². The van der Waals surface area contributed by atoms with E-state index in [9.17, 15) is 4.79 Å². The molecule has 0 aromatic heterocycles. The molecule has 0 spiro atoms. The fraction of sp³-hybridized carbons (Fsp3) is 0.278. The summed E-state index contributed by atoms with van der Waals surface area (Å²) in [5, 5.41) is 2.92. The molecule has 0 radical (unpaired) electrons. The lowest BCUT2D eigenvalue weighted by Crippen LogP contribution is -2.26. The highest BCUT2D eigenvalue weighted by Gasteiger charge is 2.18. The number of benzene rings is 2. The summed E-state index contributed by atoms with van der Waals surface area (Å²) < 4.78 is 5.10. The van der Waals surface area contributed by atoms with Crippen molar-refractivity contribution in [3.05, 3.63) is 54.1 Å². The van der Waals surface area contributed by atoms with Crippen LogP contribution in [0.3, 0.4) is 0 Å². The maximum absolute atomic E-state index is 12.1. The maximum atomic E-state index is 12.1. The first kappa shape index (κ1) is 14.4. The van der Waals surface area contributed by atoms with Crippen molar-refractivity contribution in [2.45, 2.75) is 12.8 Å². The first-order valence-corrected chi connectivity index (χ1v) is 7.53. The Kier molecular flexibility index (Phi) is 4.28. The smallest absolute Gasteiger partial charge is 0.226 e. The van der Waals surface area contributed by atoms with E-state index in [1.54, 1.807) is 7.11 Å². The molecule has 0 atom stereocenters. The molecule has 3 rings (SSSR count). The lowest BCUT2D eigenvalue weighted by molar-refractivity contribution is -0.116. The Bertz CT molecular complexity index is 652. The van der Waals surface area contributed by atoms with Crippen LogP contribution in [-0.2, 0) is 11.2 Å². The number of hydrogen-bond donors (Lipinski definition) is 1. The van der Waals surface area contributed by atoms with Crippen molar-refractivity contribution < 1.29 is 9.53 Å². The molecule has 4 heteroatoms. The quantitative estimate of drug-likeness (QED) is 0.922. The van der Waals surface area contributed by atoms with Gasteiger partial charge in [0.2, 0.25) is 5.91 Å². The highest BCUT2D eigenvalue weighted by molar-refractivity contribution is 5.91. The Morgan fingerprint density at radius 3 is 2.73 bits per heavy atom. The zero-order valence-corrected chi connectivity index (χ0v) is 12.7. The molecule has 1 amide bonds. The number of methoxy groups -OCH3 is 1. The number of hydrogen-bond acceptors (Lipinski definition) is 3. The van der Waals surface area contributed by atoms with Crippen molar-refractivity contribution >= 4 is 17.3 Å². The van der Waals surface area contributed by atoms with E-state index in [-0.39, 0.29) is 5.91 Å². The van der Waals surface area contributed by atoms with Crippen molar-refractivity contribution in [1.82, 2.24) is 0 Å². The molecule has 0 bridgehead atoms. The van der Waals surface area contributed by atoms with Crippen LogP contribution < -0.4 is 15.0 Å². The molecule has 0 fully saturated rings. The van der Waals surface area contributed by atoms with Crippen molar-refractivity contribution in [2.24, 2.45) is 0 Å². The van der Waals surface area contributed by atoms with E-state index in [1.807, 2.05) is 24.3 Å². The van der Waals surface area contributed by atoms with Crippen LogP contribution in [0.1, 0.15) is 12.0 Å². The van der Waals surface area contributed by atoms with Crippen molar-refractivity contribution in [2.75, 3.05) is 30.4 Å². The Morgan fingerprint density at radius 1 is 1.18 bits per heavy atom. The second-order valence-corrected chi connectivity index (χ2v) is 5.39. The van der Waals surface area contributed by atoms with Gasteiger partial charge in [-0.2, -0.15) is 0 Å². The second-order valence-electron chi connectivity index (χ2n) is 5.39. The normalized spacial score (nSPS) is 12.9. The van der Waals surface area contributed by atoms with Gasteiger partial charge in [-0.25, -0.2) is 0 Å². The minimum absolute atomic E-state index is 0.0366. The van der Waals surface area contributed by atoms with Crippen molar-refractivity contribution in [3.8, 4) is 5.75 Å². The third kappa shape index (κ3) is 3.22. The van der Waals surface area contributed by atoms with Crippen LogP contribution in [0.5, 0.6) is 5.75 Å². The van der Waals surface area contributed by atoms with E-state index >= 15 is 0 Å². The molecule has 4 nitrogen and oxygen atoms in total. The summed E-state index contributed by atoms with van der Waals surface area (Å²) in [5.74, 6) is 0.821. The van der Waals surface area contributed by atoms with Gasteiger partial charge >= 0.3 is 0 Å². The highest BCUT2D eigenvalue weighted by atomic mass is 16.5. The first-order chi connectivity index (χ1) is 10.8. The zero-order valence-electron chi connectivity index (χ0n) is 12.7. The minimum Gasteiger partial charge on any atom is -0.497 e. The topological polar surface area (TPSA) is 41.6 Å². The largest absolute Gasteiger partial charge is 0.497 e. The molecule has 0 saturated heterocycles. The van der Waals surface area contributed by atoms with Crippen LogP contribution in [0.25, 0.3) is 0 Å². The summed E-state index contributed by atoms with van der Waals surface area (Å²) in [6.07, 6.45) is 1.55. The van der Waals surface area contributed by atoms with Crippen molar-refractivity contribution in [3.63, 3.8) is 0 Å². The average molecular weight is 296 g/mol. The molecule has 0 aliphatic carbocycles. The third-order valence-electron chi connectivity index (χ3n) is 3.97. The number of carbonyl (C=O) groups excluding carboxylic acids is 1. The fourth-order valence-corrected chi connectivity index (χ4v) is 2.77. The predicted octanol–water partition coefficient (Wildman–Crippen LogP) is 3.09. The molecule has 1 aliphatic heterocycles. The lowest BCUT2D eigenvalue weighted by Gasteiger charge is -2.19. The Hall–Kier alpha value is -2.49. The molecule has 0 unspecified atom stereocenters. The first-order valence-electron chi connectivity index (χ1n) is 7.53. The number of nitrogens with zero attached hydrogens (tertiary/aromatic N) is 1. The van der Waals surface area contributed by atoms with Crippen LogP contribution in [0.2, 0.25) is 0 Å².